The van der Waals surface area contributed by atoms with E-state index in [0.717, 1.165) is 12.1 Å². The Labute approximate surface area is 82.8 Å². The SMILES string of the molecule is C=C(C(=O)O)C(=O)c1ccc([N+](=O)[O-])o1. The fourth-order valence-electron chi connectivity index (χ4n) is 0.794. The molecule has 1 N–H and O–H groups in total. The maximum Gasteiger partial charge on any atom is 0.433 e. The van der Waals surface area contributed by atoms with Crippen molar-refractivity contribution >= 4 is 17.6 Å². The average Bonchev–Trinajstić information content (AvgIpc) is 2.64. The van der Waals surface area contributed by atoms with Crippen molar-refractivity contribution in [3.8, 4) is 0 Å². The van der Waals surface area contributed by atoms with E-state index in [9.17, 15) is 19.7 Å². The second kappa shape index (κ2) is 3.74. The first kappa shape index (κ1) is 10.6. The molecule has 0 aliphatic heterocycles. The second-order valence-corrected chi connectivity index (χ2v) is 2.51. The number of nitrogens with zero attached hydrogens (tertiary/aromatic N) is 1. The number of Topliss-reactive ketones (excluding diaryl/α,β-unsaturated/α-hetero) is 1. The van der Waals surface area contributed by atoms with Crippen LogP contribution in [-0.2, 0) is 4.79 Å². The summed E-state index contributed by atoms with van der Waals surface area (Å²) in [4.78, 5) is 31.0. The zero-order valence-electron chi connectivity index (χ0n) is 7.30. The van der Waals surface area contributed by atoms with Gasteiger partial charge in [-0.1, -0.05) is 6.58 Å². The van der Waals surface area contributed by atoms with E-state index >= 15 is 0 Å². The molecular weight excluding hydrogens is 206 g/mol. The third-order valence-corrected chi connectivity index (χ3v) is 1.53. The lowest BCUT2D eigenvalue weighted by Gasteiger charge is -1.93. The van der Waals surface area contributed by atoms with Crippen LogP contribution in [0.1, 0.15) is 10.6 Å². The van der Waals surface area contributed by atoms with Crippen LogP contribution in [0, 0.1) is 10.1 Å². The van der Waals surface area contributed by atoms with Gasteiger partial charge >= 0.3 is 11.9 Å². The number of carbonyl (C=O) groups excluding carboxylic acids is 1. The first-order valence-corrected chi connectivity index (χ1v) is 3.64. The molecule has 1 heterocycles. The van der Waals surface area contributed by atoms with E-state index in [1.807, 2.05) is 0 Å². The zero-order chi connectivity index (χ0) is 11.6. The molecule has 1 aromatic rings. The van der Waals surface area contributed by atoms with Crippen LogP contribution in [0.4, 0.5) is 5.88 Å². The lowest BCUT2D eigenvalue weighted by Crippen LogP contribution is -2.10. The van der Waals surface area contributed by atoms with Gasteiger partial charge in [0.1, 0.15) is 10.5 Å². The number of carbonyl (C=O) groups is 2. The van der Waals surface area contributed by atoms with Crippen LogP contribution in [0.15, 0.2) is 28.7 Å². The Morgan fingerprint density at radius 2 is 2.07 bits per heavy atom. The van der Waals surface area contributed by atoms with Gasteiger partial charge in [0.2, 0.25) is 5.78 Å². The van der Waals surface area contributed by atoms with Gasteiger partial charge in [-0.3, -0.25) is 14.9 Å². The van der Waals surface area contributed by atoms with Gasteiger partial charge in [-0.25, -0.2) is 4.79 Å². The molecular formula is C8H5NO6. The van der Waals surface area contributed by atoms with Gasteiger partial charge in [0.25, 0.3) is 0 Å². The summed E-state index contributed by atoms with van der Waals surface area (Å²) in [5.41, 5.74) is -0.709. The third kappa shape index (κ3) is 2.08. The highest BCUT2D eigenvalue weighted by molar-refractivity contribution is 6.22. The molecule has 0 amide bonds. The van der Waals surface area contributed by atoms with Crippen molar-refractivity contribution in [2.75, 3.05) is 0 Å². The van der Waals surface area contributed by atoms with Crippen molar-refractivity contribution in [3.63, 3.8) is 0 Å². The summed E-state index contributed by atoms with van der Waals surface area (Å²) in [6.07, 6.45) is 0. The topological polar surface area (TPSA) is 111 Å². The maximum atomic E-state index is 11.2. The Kier molecular flexibility index (Phi) is 2.65. The minimum Gasteiger partial charge on any atom is -0.478 e. The van der Waals surface area contributed by atoms with E-state index in [2.05, 4.69) is 11.0 Å². The lowest BCUT2D eigenvalue weighted by atomic mass is 10.1. The Bertz CT molecular complexity index is 457. The quantitative estimate of drug-likeness (QED) is 0.199. The predicted octanol–water partition coefficient (Wildman–Crippen LogP) is 1.01. The van der Waals surface area contributed by atoms with Gasteiger partial charge in [-0.05, 0) is 6.07 Å². The van der Waals surface area contributed by atoms with Crippen LogP contribution in [-0.4, -0.2) is 21.8 Å². The van der Waals surface area contributed by atoms with E-state index in [0.29, 0.717) is 0 Å². The smallest absolute Gasteiger partial charge is 0.433 e. The summed E-state index contributed by atoms with van der Waals surface area (Å²) in [6.45, 7) is 3.01. The molecule has 0 aromatic carbocycles. The minimum atomic E-state index is -1.50. The molecule has 0 aliphatic carbocycles. The first-order valence-electron chi connectivity index (χ1n) is 3.64. The van der Waals surface area contributed by atoms with Crippen LogP contribution in [0.3, 0.4) is 0 Å². The molecule has 1 rings (SSSR count). The number of rotatable bonds is 4. The molecule has 1 aromatic heterocycles. The predicted molar refractivity (Wildman–Crippen MR) is 46.5 cm³/mol. The van der Waals surface area contributed by atoms with Crippen LogP contribution in [0.2, 0.25) is 0 Å². The molecule has 7 nitrogen and oxygen atoms in total. The highest BCUT2D eigenvalue weighted by Gasteiger charge is 2.22. The Morgan fingerprint density at radius 3 is 2.47 bits per heavy atom. The standard InChI is InChI=1S/C8H5NO6/c1-4(8(11)12)7(10)5-2-3-6(15-5)9(13)14/h2-3H,1H2,(H,11,12). The summed E-state index contributed by atoms with van der Waals surface area (Å²) in [6, 6.07) is 1.98. The van der Waals surface area contributed by atoms with Crippen molar-refractivity contribution in [2.24, 2.45) is 0 Å². The maximum absolute atomic E-state index is 11.2. The Hall–Kier alpha value is -2.44. The van der Waals surface area contributed by atoms with Crippen molar-refractivity contribution in [3.05, 3.63) is 40.2 Å². The summed E-state index contributed by atoms with van der Waals surface area (Å²) < 4.78 is 4.51. The van der Waals surface area contributed by atoms with Crippen LogP contribution < -0.4 is 0 Å². The molecule has 0 spiro atoms. The van der Waals surface area contributed by atoms with Gasteiger partial charge in [0.05, 0.1) is 6.07 Å². The van der Waals surface area contributed by atoms with Gasteiger partial charge in [0, 0.05) is 0 Å². The van der Waals surface area contributed by atoms with Crippen molar-refractivity contribution < 1.29 is 24.0 Å². The summed E-state index contributed by atoms with van der Waals surface area (Å²) in [5, 5.41) is 18.6. The molecule has 0 unspecified atom stereocenters. The Morgan fingerprint density at radius 1 is 1.47 bits per heavy atom. The van der Waals surface area contributed by atoms with Crippen LogP contribution >= 0.6 is 0 Å². The number of ketones is 1. The number of hydrogen-bond donors (Lipinski definition) is 1. The fraction of sp³-hybridized carbons (Fsp3) is 0. The number of aliphatic carboxylic acids is 1. The van der Waals surface area contributed by atoms with E-state index in [-0.39, 0.29) is 0 Å². The second-order valence-electron chi connectivity index (χ2n) is 2.51. The molecule has 0 radical (unpaired) electrons. The molecule has 0 bridgehead atoms. The summed E-state index contributed by atoms with van der Waals surface area (Å²) in [7, 11) is 0. The van der Waals surface area contributed by atoms with Gasteiger partial charge in [-0.15, -0.1) is 0 Å². The fourth-order valence-corrected chi connectivity index (χ4v) is 0.794. The average molecular weight is 211 g/mol. The van der Waals surface area contributed by atoms with Gasteiger partial charge < -0.3 is 9.52 Å². The molecule has 7 heteroatoms. The van der Waals surface area contributed by atoms with E-state index in [1.165, 1.54) is 0 Å². The molecule has 78 valence electrons. The summed E-state index contributed by atoms with van der Waals surface area (Å²) >= 11 is 0. The summed E-state index contributed by atoms with van der Waals surface area (Å²) in [5.74, 6) is -3.54. The monoisotopic (exact) mass is 211 g/mol. The molecule has 0 aliphatic rings. The number of furan rings is 1. The van der Waals surface area contributed by atoms with Gasteiger partial charge in [-0.2, -0.15) is 0 Å². The minimum absolute atomic E-state index is 0.422. The highest BCUT2D eigenvalue weighted by Crippen LogP contribution is 2.17. The number of nitro groups is 1. The molecule has 15 heavy (non-hydrogen) atoms. The number of carboxylic acid groups (broad SMARTS) is 1. The molecule has 0 atom stereocenters. The van der Waals surface area contributed by atoms with Crippen LogP contribution in [0.25, 0.3) is 0 Å². The largest absolute Gasteiger partial charge is 0.478 e. The highest BCUT2D eigenvalue weighted by atomic mass is 16.6. The van der Waals surface area contributed by atoms with Crippen molar-refractivity contribution in [1.82, 2.24) is 0 Å². The molecule has 0 saturated heterocycles. The molecule has 0 fully saturated rings. The zero-order valence-corrected chi connectivity index (χ0v) is 7.30. The first-order chi connectivity index (χ1) is 6.93. The number of carboxylic acids is 1. The van der Waals surface area contributed by atoms with Gasteiger partial charge in [0.15, 0.2) is 5.76 Å². The molecule has 0 saturated carbocycles. The van der Waals surface area contributed by atoms with Crippen LogP contribution in [0.5, 0.6) is 0 Å². The van der Waals surface area contributed by atoms with E-state index < -0.39 is 33.9 Å². The van der Waals surface area contributed by atoms with E-state index in [4.69, 9.17) is 5.11 Å². The Balaban J connectivity index is 2.98. The van der Waals surface area contributed by atoms with E-state index in [1.54, 1.807) is 0 Å². The number of hydrogen-bond acceptors (Lipinski definition) is 5. The third-order valence-electron chi connectivity index (χ3n) is 1.53. The normalized spacial score (nSPS) is 9.60. The van der Waals surface area contributed by atoms with Crippen molar-refractivity contribution in [1.29, 1.82) is 0 Å². The van der Waals surface area contributed by atoms with Crippen molar-refractivity contribution in [2.45, 2.75) is 0 Å². The lowest BCUT2D eigenvalue weighted by molar-refractivity contribution is -0.402.